The van der Waals surface area contributed by atoms with Crippen molar-refractivity contribution in [3.8, 4) is 11.1 Å². The van der Waals surface area contributed by atoms with Crippen LogP contribution in [0.2, 0.25) is 0 Å². The fourth-order valence-electron chi connectivity index (χ4n) is 6.46. The van der Waals surface area contributed by atoms with Gasteiger partial charge in [0.2, 0.25) is 0 Å². The van der Waals surface area contributed by atoms with E-state index in [-0.39, 0.29) is 11.9 Å². The van der Waals surface area contributed by atoms with Crippen molar-refractivity contribution < 1.29 is 27.5 Å². The minimum Gasteiger partial charge on any atom is -0.481 e. The van der Waals surface area contributed by atoms with Gasteiger partial charge in [-0.15, -0.1) is 0 Å². The smallest absolute Gasteiger partial charge is 0.416 e. The number of alkyl halides is 3. The van der Waals surface area contributed by atoms with Crippen molar-refractivity contribution in [2.45, 2.75) is 70.0 Å². The second-order valence-electron chi connectivity index (χ2n) is 11.8. The number of nitrogens with zero attached hydrogens (tertiary/aromatic N) is 1. The second kappa shape index (κ2) is 10.7. The van der Waals surface area contributed by atoms with Gasteiger partial charge >= 0.3 is 12.1 Å². The monoisotopic (exact) mass is 553 g/mol. The van der Waals surface area contributed by atoms with Crippen molar-refractivity contribution in [3.05, 3.63) is 94.8 Å². The number of carboxylic acids is 1. The highest BCUT2D eigenvalue weighted by molar-refractivity contribution is 5.85. The fraction of sp³-hybridized carbons (Fsp3) is 0.424. The first-order valence-electron chi connectivity index (χ1n) is 14.0. The predicted octanol–water partition coefficient (Wildman–Crippen LogP) is 8.62. The van der Waals surface area contributed by atoms with Crippen molar-refractivity contribution in [3.63, 3.8) is 0 Å². The number of aliphatic carboxylic acids is 1. The molecule has 2 aliphatic rings. The van der Waals surface area contributed by atoms with E-state index in [0.717, 1.165) is 42.8 Å². The highest BCUT2D eigenvalue weighted by atomic mass is 19.4. The zero-order valence-electron chi connectivity index (χ0n) is 22.9. The summed E-state index contributed by atoms with van der Waals surface area (Å²) in [5, 5.41) is 10.3. The van der Waals surface area contributed by atoms with Gasteiger partial charge < -0.3 is 5.11 Å². The molecule has 5 rings (SSSR count). The molecule has 2 atom stereocenters. The van der Waals surface area contributed by atoms with Gasteiger partial charge in [-0.25, -0.2) is 4.39 Å². The van der Waals surface area contributed by atoms with Gasteiger partial charge in [-0.1, -0.05) is 49.7 Å². The summed E-state index contributed by atoms with van der Waals surface area (Å²) in [5.74, 6) is -1.30. The number of hydrogen-bond acceptors (Lipinski definition) is 2. The Hall–Kier alpha value is -3.19. The summed E-state index contributed by atoms with van der Waals surface area (Å²) in [6.45, 7) is 5.40. The lowest BCUT2D eigenvalue weighted by Crippen LogP contribution is -2.39. The molecule has 7 heteroatoms. The van der Waals surface area contributed by atoms with E-state index < -0.39 is 23.1 Å². The third-order valence-corrected chi connectivity index (χ3v) is 8.90. The number of piperidine rings is 1. The average molecular weight is 554 g/mol. The molecule has 1 saturated carbocycles. The van der Waals surface area contributed by atoms with Crippen LogP contribution in [0.5, 0.6) is 0 Å². The van der Waals surface area contributed by atoms with E-state index in [1.165, 1.54) is 43.5 Å². The van der Waals surface area contributed by atoms with Crippen LogP contribution in [0.3, 0.4) is 0 Å². The number of rotatable bonds is 8. The second-order valence-corrected chi connectivity index (χ2v) is 11.8. The van der Waals surface area contributed by atoms with Gasteiger partial charge in [0.1, 0.15) is 5.82 Å². The van der Waals surface area contributed by atoms with Crippen LogP contribution in [0.1, 0.15) is 80.7 Å². The van der Waals surface area contributed by atoms with Crippen LogP contribution in [0.15, 0.2) is 66.7 Å². The molecule has 1 spiro atoms. The summed E-state index contributed by atoms with van der Waals surface area (Å²) in [4.78, 5) is 15.0. The molecule has 0 bridgehead atoms. The molecule has 0 amide bonds. The highest BCUT2D eigenvalue weighted by Crippen LogP contribution is 2.54. The molecule has 1 aliphatic carbocycles. The Morgan fingerprint density at radius 1 is 0.975 bits per heavy atom. The molecule has 1 N–H and O–H groups in total. The molecule has 0 radical (unpaired) electrons. The Morgan fingerprint density at radius 2 is 1.62 bits per heavy atom. The number of halogens is 4. The Balaban J connectivity index is 1.67. The Labute approximate surface area is 232 Å². The fourth-order valence-corrected chi connectivity index (χ4v) is 6.46. The van der Waals surface area contributed by atoms with E-state index in [9.17, 15) is 27.5 Å². The van der Waals surface area contributed by atoms with Crippen LogP contribution in [0.4, 0.5) is 17.6 Å². The Kier molecular flexibility index (Phi) is 7.55. The third kappa shape index (κ3) is 5.53. The van der Waals surface area contributed by atoms with Crippen LogP contribution >= 0.6 is 0 Å². The largest absolute Gasteiger partial charge is 0.481 e. The lowest BCUT2D eigenvalue weighted by Gasteiger charge is -2.40. The van der Waals surface area contributed by atoms with Gasteiger partial charge in [-0.2, -0.15) is 13.2 Å². The van der Waals surface area contributed by atoms with Gasteiger partial charge in [0.05, 0.1) is 17.0 Å². The zero-order valence-corrected chi connectivity index (χ0v) is 22.9. The van der Waals surface area contributed by atoms with Gasteiger partial charge in [0.15, 0.2) is 0 Å². The molecule has 3 aromatic rings. The van der Waals surface area contributed by atoms with Crippen LogP contribution in [0, 0.1) is 11.2 Å². The summed E-state index contributed by atoms with van der Waals surface area (Å²) in [6.07, 6.45) is 1.20. The van der Waals surface area contributed by atoms with E-state index in [0.29, 0.717) is 34.9 Å². The third-order valence-electron chi connectivity index (χ3n) is 8.90. The maximum absolute atomic E-state index is 13.9. The van der Waals surface area contributed by atoms with Crippen molar-refractivity contribution in [2.75, 3.05) is 13.1 Å². The first kappa shape index (κ1) is 28.3. The number of carboxylic acid groups (broad SMARTS) is 1. The number of carbonyl (C=O) groups is 1. The maximum Gasteiger partial charge on any atom is 0.416 e. The van der Waals surface area contributed by atoms with Crippen molar-refractivity contribution in [1.29, 1.82) is 0 Å². The van der Waals surface area contributed by atoms with E-state index in [1.54, 1.807) is 19.1 Å². The lowest BCUT2D eigenvalue weighted by molar-refractivity contribution is -0.143. The molecule has 2 fully saturated rings. The Morgan fingerprint density at radius 3 is 2.20 bits per heavy atom. The molecular weight excluding hydrogens is 518 g/mol. The van der Waals surface area contributed by atoms with Crippen molar-refractivity contribution in [1.82, 2.24) is 4.90 Å². The van der Waals surface area contributed by atoms with E-state index in [2.05, 4.69) is 4.90 Å². The number of benzene rings is 3. The van der Waals surface area contributed by atoms with Gasteiger partial charge in [-0.05, 0) is 109 Å². The summed E-state index contributed by atoms with van der Waals surface area (Å²) in [5.41, 5.74) is 1.90. The molecule has 3 aromatic carbocycles. The molecular formula is C33H35F4NO2. The first-order valence-corrected chi connectivity index (χ1v) is 14.0. The standard InChI is InChI=1S/C33H35F4NO2/c1-3-15-31(2,30(39)40)28-14-9-24(20-27(28)22-5-10-25(11-6-22)33(35,36)37)29(23-7-12-26(34)13-8-23)38-19-4-16-32(21-38)17-18-32/h5-14,20,29H,3-4,15-19,21H2,1-2H3,(H,39,40). The van der Waals surface area contributed by atoms with Gasteiger partial charge in [-0.3, -0.25) is 9.69 Å². The zero-order chi connectivity index (χ0) is 28.7. The summed E-state index contributed by atoms with van der Waals surface area (Å²) in [7, 11) is 0. The Bertz CT molecular complexity index is 1360. The molecule has 1 aliphatic heterocycles. The first-order chi connectivity index (χ1) is 19.0. The lowest BCUT2D eigenvalue weighted by atomic mass is 9.74. The highest BCUT2D eigenvalue weighted by Gasteiger charge is 2.47. The van der Waals surface area contributed by atoms with Gasteiger partial charge in [0, 0.05) is 6.54 Å². The van der Waals surface area contributed by atoms with Crippen LogP contribution < -0.4 is 0 Å². The quantitative estimate of drug-likeness (QED) is 0.284. The maximum atomic E-state index is 13.9. The summed E-state index contributed by atoms with van der Waals surface area (Å²) >= 11 is 0. The van der Waals surface area contributed by atoms with Crippen molar-refractivity contribution in [2.24, 2.45) is 5.41 Å². The molecule has 3 nitrogen and oxygen atoms in total. The summed E-state index contributed by atoms with van der Waals surface area (Å²) in [6, 6.07) is 16.9. The van der Waals surface area contributed by atoms with E-state index >= 15 is 0 Å². The van der Waals surface area contributed by atoms with Crippen LogP contribution in [0.25, 0.3) is 11.1 Å². The number of hydrogen-bond donors (Lipinski definition) is 1. The molecule has 0 aromatic heterocycles. The van der Waals surface area contributed by atoms with Crippen LogP contribution in [-0.2, 0) is 16.4 Å². The van der Waals surface area contributed by atoms with Crippen molar-refractivity contribution >= 4 is 5.97 Å². The molecule has 212 valence electrons. The normalized spacial score (nSPS) is 19.2. The summed E-state index contributed by atoms with van der Waals surface area (Å²) < 4.78 is 54.0. The SMILES string of the molecule is CCCC(C)(C(=O)O)c1ccc(C(c2ccc(F)cc2)N2CCCC3(CC3)C2)cc1-c1ccc(C(F)(F)F)cc1. The van der Waals surface area contributed by atoms with E-state index in [1.807, 2.05) is 25.1 Å². The van der Waals surface area contributed by atoms with Crippen LogP contribution in [-0.4, -0.2) is 29.1 Å². The predicted molar refractivity (Wildman–Crippen MR) is 147 cm³/mol. The van der Waals surface area contributed by atoms with E-state index in [4.69, 9.17) is 0 Å². The van der Waals surface area contributed by atoms with Gasteiger partial charge in [0.25, 0.3) is 0 Å². The average Bonchev–Trinajstić information content (AvgIpc) is 3.67. The topological polar surface area (TPSA) is 40.5 Å². The number of likely N-dealkylation sites (tertiary alicyclic amines) is 1. The minimum absolute atomic E-state index is 0.192. The molecule has 1 heterocycles. The minimum atomic E-state index is -4.47. The molecule has 2 unspecified atom stereocenters. The molecule has 40 heavy (non-hydrogen) atoms. The molecule has 1 saturated heterocycles.